The minimum Gasteiger partial charge on any atom is -0.492 e. The van der Waals surface area contributed by atoms with Crippen molar-refractivity contribution in [3.63, 3.8) is 0 Å². The van der Waals surface area contributed by atoms with Gasteiger partial charge in [-0.2, -0.15) is 0 Å². The van der Waals surface area contributed by atoms with Crippen LogP contribution in [0.4, 0.5) is 0 Å². The van der Waals surface area contributed by atoms with E-state index in [4.69, 9.17) is 15.6 Å². The van der Waals surface area contributed by atoms with Gasteiger partial charge < -0.3 is 20.1 Å². The van der Waals surface area contributed by atoms with E-state index in [1.807, 2.05) is 50.2 Å². The largest absolute Gasteiger partial charge is 0.492 e. The van der Waals surface area contributed by atoms with Crippen LogP contribution >= 0.6 is 0 Å². The van der Waals surface area contributed by atoms with Crippen molar-refractivity contribution < 1.29 is 14.6 Å². The van der Waals surface area contributed by atoms with Gasteiger partial charge in [-0.3, -0.25) is 4.79 Å². The standard InChI is InChI=1S/C18H24N2O3/c1-13-12-16(17(19)8-9-18(21)22)14(2)20(13)10-11-23-15-6-4-3-5-7-15/h3-7,12,17H,8-11,19H2,1-2H3,(H,21,22)/t17-/m1/s1. The molecule has 1 aromatic carbocycles. The molecule has 1 atom stereocenters. The molecule has 3 N–H and O–H groups in total. The molecule has 23 heavy (non-hydrogen) atoms. The lowest BCUT2D eigenvalue weighted by atomic mass is 10.0. The average molecular weight is 316 g/mol. The molecule has 0 radical (unpaired) electrons. The van der Waals surface area contributed by atoms with Crippen LogP contribution in [-0.2, 0) is 11.3 Å². The highest BCUT2D eigenvalue weighted by Gasteiger charge is 2.16. The first-order chi connectivity index (χ1) is 11.0. The second-order valence-corrected chi connectivity index (χ2v) is 5.68. The number of aryl methyl sites for hydroxylation is 1. The zero-order valence-corrected chi connectivity index (χ0v) is 13.7. The lowest BCUT2D eigenvalue weighted by Gasteiger charge is -2.13. The SMILES string of the molecule is Cc1cc([C@H](N)CCC(=O)O)c(C)n1CCOc1ccccc1. The first kappa shape index (κ1) is 17.1. The van der Waals surface area contributed by atoms with Gasteiger partial charge in [0.05, 0.1) is 6.54 Å². The third kappa shape index (κ3) is 4.60. The van der Waals surface area contributed by atoms with Crippen LogP contribution < -0.4 is 10.5 Å². The van der Waals surface area contributed by atoms with Gasteiger partial charge in [0.15, 0.2) is 0 Å². The molecule has 2 aromatic rings. The lowest BCUT2D eigenvalue weighted by Crippen LogP contribution is -2.15. The molecule has 0 fully saturated rings. The maximum Gasteiger partial charge on any atom is 0.303 e. The number of rotatable bonds is 8. The van der Waals surface area contributed by atoms with Gasteiger partial charge in [0.25, 0.3) is 0 Å². The smallest absolute Gasteiger partial charge is 0.303 e. The summed E-state index contributed by atoms with van der Waals surface area (Å²) in [5, 5.41) is 8.79. The summed E-state index contributed by atoms with van der Waals surface area (Å²) in [7, 11) is 0. The summed E-state index contributed by atoms with van der Waals surface area (Å²) in [5.74, 6) is 0.0406. The van der Waals surface area contributed by atoms with Crippen molar-refractivity contribution in [1.29, 1.82) is 0 Å². The van der Waals surface area contributed by atoms with Crippen molar-refractivity contribution in [2.75, 3.05) is 6.61 Å². The van der Waals surface area contributed by atoms with Crippen molar-refractivity contribution in [2.45, 2.75) is 39.3 Å². The molecule has 1 heterocycles. The first-order valence-corrected chi connectivity index (χ1v) is 7.81. The molecule has 0 amide bonds. The highest BCUT2D eigenvalue weighted by molar-refractivity contribution is 5.66. The van der Waals surface area contributed by atoms with E-state index >= 15 is 0 Å². The molecule has 0 saturated carbocycles. The van der Waals surface area contributed by atoms with Gasteiger partial charge >= 0.3 is 5.97 Å². The fourth-order valence-electron chi connectivity index (χ4n) is 2.75. The quantitative estimate of drug-likeness (QED) is 0.784. The molecule has 0 aliphatic carbocycles. The van der Waals surface area contributed by atoms with E-state index in [1.165, 1.54) is 0 Å². The highest BCUT2D eigenvalue weighted by Crippen LogP contribution is 2.23. The molecule has 5 heteroatoms. The van der Waals surface area contributed by atoms with E-state index in [-0.39, 0.29) is 12.5 Å². The van der Waals surface area contributed by atoms with Crippen molar-refractivity contribution in [2.24, 2.45) is 5.73 Å². The number of aliphatic carboxylic acids is 1. The van der Waals surface area contributed by atoms with Crippen LogP contribution in [0.5, 0.6) is 5.75 Å². The Kier molecular flexibility index (Phi) is 5.82. The van der Waals surface area contributed by atoms with Crippen molar-refractivity contribution in [3.8, 4) is 5.75 Å². The molecule has 5 nitrogen and oxygen atoms in total. The lowest BCUT2D eigenvalue weighted by molar-refractivity contribution is -0.137. The van der Waals surface area contributed by atoms with Gasteiger partial charge in [0, 0.05) is 23.9 Å². The third-order valence-corrected chi connectivity index (χ3v) is 4.01. The summed E-state index contributed by atoms with van der Waals surface area (Å²) < 4.78 is 7.90. The van der Waals surface area contributed by atoms with E-state index in [0.29, 0.717) is 13.0 Å². The van der Waals surface area contributed by atoms with E-state index in [2.05, 4.69) is 4.57 Å². The molecule has 0 bridgehead atoms. The Morgan fingerprint density at radius 3 is 2.65 bits per heavy atom. The Balaban J connectivity index is 1.98. The minimum atomic E-state index is -0.814. The second-order valence-electron chi connectivity index (χ2n) is 5.68. The van der Waals surface area contributed by atoms with Crippen LogP contribution in [-0.4, -0.2) is 22.2 Å². The van der Waals surface area contributed by atoms with Crippen LogP contribution in [0.15, 0.2) is 36.4 Å². The van der Waals surface area contributed by atoms with Crippen molar-refractivity contribution in [3.05, 3.63) is 53.3 Å². The van der Waals surface area contributed by atoms with Gasteiger partial charge in [-0.05, 0) is 44.0 Å². The fourth-order valence-corrected chi connectivity index (χ4v) is 2.75. The number of benzene rings is 1. The normalized spacial score (nSPS) is 12.1. The third-order valence-electron chi connectivity index (χ3n) is 4.01. The number of nitrogens with zero attached hydrogens (tertiary/aromatic N) is 1. The fraction of sp³-hybridized carbons (Fsp3) is 0.389. The Morgan fingerprint density at radius 2 is 2.00 bits per heavy atom. The Labute approximate surface area is 136 Å². The molecular formula is C18H24N2O3. The predicted molar refractivity (Wildman–Crippen MR) is 89.6 cm³/mol. The molecule has 1 aromatic heterocycles. The molecule has 0 spiro atoms. The number of hydrogen-bond acceptors (Lipinski definition) is 3. The van der Waals surface area contributed by atoms with Crippen molar-refractivity contribution in [1.82, 2.24) is 4.57 Å². The van der Waals surface area contributed by atoms with E-state index in [9.17, 15) is 4.79 Å². The topological polar surface area (TPSA) is 77.5 Å². The molecule has 0 aliphatic rings. The number of para-hydroxylation sites is 1. The average Bonchev–Trinajstić information content (AvgIpc) is 2.81. The van der Waals surface area contributed by atoms with Crippen LogP contribution in [0, 0.1) is 13.8 Å². The zero-order valence-electron chi connectivity index (χ0n) is 13.7. The van der Waals surface area contributed by atoms with Gasteiger partial charge in [-0.1, -0.05) is 18.2 Å². The maximum atomic E-state index is 10.7. The summed E-state index contributed by atoms with van der Waals surface area (Å²) in [6, 6.07) is 11.5. The number of carboxylic acids is 1. The maximum absolute atomic E-state index is 10.7. The van der Waals surface area contributed by atoms with Crippen molar-refractivity contribution >= 4 is 5.97 Å². The Morgan fingerprint density at radius 1 is 1.30 bits per heavy atom. The van der Waals surface area contributed by atoms with Gasteiger partial charge in [-0.25, -0.2) is 0 Å². The summed E-state index contributed by atoms with van der Waals surface area (Å²) in [6.07, 6.45) is 0.530. The molecule has 124 valence electrons. The summed E-state index contributed by atoms with van der Waals surface area (Å²) >= 11 is 0. The first-order valence-electron chi connectivity index (χ1n) is 7.81. The Hall–Kier alpha value is -2.27. The van der Waals surface area contributed by atoms with Gasteiger partial charge in [-0.15, -0.1) is 0 Å². The number of carboxylic acid groups (broad SMARTS) is 1. The number of nitrogens with two attached hydrogens (primary N) is 1. The minimum absolute atomic E-state index is 0.0853. The second kappa shape index (κ2) is 7.83. The molecule has 0 saturated heterocycles. The predicted octanol–water partition coefficient (Wildman–Crippen LogP) is 3.05. The van der Waals surface area contributed by atoms with Gasteiger partial charge in [0.2, 0.25) is 0 Å². The number of aromatic nitrogens is 1. The molecule has 2 rings (SSSR count). The van der Waals surface area contributed by atoms with Crippen LogP contribution in [0.1, 0.15) is 35.8 Å². The monoisotopic (exact) mass is 316 g/mol. The number of ether oxygens (including phenoxy) is 1. The summed E-state index contributed by atoms with van der Waals surface area (Å²) in [5.41, 5.74) is 9.35. The molecule has 0 unspecified atom stereocenters. The highest BCUT2D eigenvalue weighted by atomic mass is 16.5. The number of carbonyl (C=O) groups is 1. The van der Waals surface area contributed by atoms with Crippen LogP contribution in [0.3, 0.4) is 0 Å². The summed E-state index contributed by atoms with van der Waals surface area (Å²) in [6.45, 7) is 5.36. The van der Waals surface area contributed by atoms with Crippen LogP contribution in [0.25, 0.3) is 0 Å². The number of hydrogen-bond donors (Lipinski definition) is 2. The molecule has 0 aliphatic heterocycles. The zero-order chi connectivity index (χ0) is 16.8. The Bertz CT molecular complexity index is 650. The van der Waals surface area contributed by atoms with E-state index in [1.54, 1.807) is 0 Å². The van der Waals surface area contributed by atoms with E-state index in [0.717, 1.165) is 29.2 Å². The van der Waals surface area contributed by atoms with E-state index < -0.39 is 5.97 Å². The van der Waals surface area contributed by atoms with Crippen LogP contribution in [0.2, 0.25) is 0 Å². The summed E-state index contributed by atoms with van der Waals surface area (Å²) in [4.78, 5) is 10.7. The molecular weight excluding hydrogens is 292 g/mol. The van der Waals surface area contributed by atoms with Gasteiger partial charge in [0.1, 0.15) is 12.4 Å².